The van der Waals surface area contributed by atoms with Crippen molar-refractivity contribution in [1.29, 1.82) is 0 Å². The molecule has 2 aromatic carbocycles. The Morgan fingerprint density at radius 2 is 1.65 bits per heavy atom. The van der Waals surface area contributed by atoms with Gasteiger partial charge in [0, 0.05) is 11.0 Å². The van der Waals surface area contributed by atoms with Gasteiger partial charge in [-0.2, -0.15) is 0 Å². The van der Waals surface area contributed by atoms with Crippen molar-refractivity contribution in [3.8, 4) is 0 Å². The molecular weight excluding hydrogens is 330 g/mol. The molecule has 0 saturated heterocycles. The van der Waals surface area contributed by atoms with Crippen LogP contribution in [0.25, 0.3) is 0 Å². The van der Waals surface area contributed by atoms with Gasteiger partial charge in [-0.25, -0.2) is 13.6 Å². The molecule has 0 bridgehead atoms. The van der Waals surface area contributed by atoms with Gasteiger partial charge in [0.25, 0.3) is 0 Å². The second-order valence-corrected chi connectivity index (χ2v) is 4.95. The Morgan fingerprint density at radius 3 is 2.25 bits per heavy atom. The summed E-state index contributed by atoms with van der Waals surface area (Å²) in [6.45, 7) is 0.259. The fourth-order valence-electron chi connectivity index (χ4n) is 1.56. The van der Waals surface area contributed by atoms with Gasteiger partial charge in [-0.3, -0.25) is 0 Å². The van der Waals surface area contributed by atoms with Crippen LogP contribution in [0.5, 0.6) is 0 Å². The van der Waals surface area contributed by atoms with Gasteiger partial charge in [-0.05, 0) is 29.8 Å². The number of para-hydroxylation sites is 1. The summed E-state index contributed by atoms with van der Waals surface area (Å²) in [5, 5.41) is 4.67. The minimum absolute atomic E-state index is 0.259. The second kappa shape index (κ2) is 6.47. The molecular formula is C14H11BrF2N2O. The molecule has 0 aliphatic carbocycles. The molecule has 0 fully saturated rings. The molecule has 0 unspecified atom stereocenters. The molecule has 2 N–H and O–H groups in total. The van der Waals surface area contributed by atoms with Gasteiger partial charge in [-0.15, -0.1) is 0 Å². The first-order chi connectivity index (χ1) is 9.56. The highest BCUT2D eigenvalue weighted by Gasteiger charge is 2.11. The Hall–Kier alpha value is -1.95. The van der Waals surface area contributed by atoms with Crippen LogP contribution in [-0.4, -0.2) is 6.03 Å². The van der Waals surface area contributed by atoms with E-state index in [0.717, 1.165) is 22.2 Å². The average Bonchev–Trinajstić information content (AvgIpc) is 2.42. The molecule has 0 aliphatic heterocycles. The molecule has 6 heteroatoms. The predicted octanol–water partition coefficient (Wildman–Crippen LogP) is 4.05. The highest BCUT2D eigenvalue weighted by atomic mass is 79.9. The number of halogens is 3. The van der Waals surface area contributed by atoms with Crippen molar-refractivity contribution in [3.63, 3.8) is 0 Å². The number of urea groups is 1. The van der Waals surface area contributed by atoms with Crippen LogP contribution in [0, 0.1) is 11.6 Å². The third kappa shape index (κ3) is 3.77. The molecule has 2 aromatic rings. The van der Waals surface area contributed by atoms with Gasteiger partial charge < -0.3 is 10.6 Å². The van der Waals surface area contributed by atoms with E-state index in [1.54, 1.807) is 0 Å². The third-order valence-corrected chi connectivity index (χ3v) is 3.10. The Morgan fingerprint density at radius 1 is 1.05 bits per heavy atom. The fraction of sp³-hybridized carbons (Fsp3) is 0.0714. The Balaban J connectivity index is 1.94. The van der Waals surface area contributed by atoms with Crippen LogP contribution in [0.4, 0.5) is 19.3 Å². The Kier molecular flexibility index (Phi) is 4.68. The largest absolute Gasteiger partial charge is 0.334 e. The number of carbonyl (C=O) groups is 1. The SMILES string of the molecule is O=C(NCc1ccc(Br)cc1)Nc1c(F)cccc1F. The molecule has 2 rings (SSSR count). The maximum absolute atomic E-state index is 13.3. The van der Waals surface area contributed by atoms with Gasteiger partial charge in [0.2, 0.25) is 0 Å². The van der Waals surface area contributed by atoms with Crippen molar-refractivity contribution in [3.05, 3.63) is 64.1 Å². The van der Waals surface area contributed by atoms with E-state index < -0.39 is 23.4 Å². The monoisotopic (exact) mass is 340 g/mol. The summed E-state index contributed by atoms with van der Waals surface area (Å²) in [6, 6.07) is 10.0. The molecule has 0 heterocycles. The van der Waals surface area contributed by atoms with Crippen LogP contribution >= 0.6 is 15.9 Å². The zero-order valence-electron chi connectivity index (χ0n) is 10.3. The number of hydrogen-bond acceptors (Lipinski definition) is 1. The van der Waals surface area contributed by atoms with Gasteiger partial charge in [-0.1, -0.05) is 34.1 Å². The van der Waals surface area contributed by atoms with Crippen LogP contribution < -0.4 is 10.6 Å². The molecule has 2 amide bonds. The molecule has 0 spiro atoms. The van der Waals surface area contributed by atoms with E-state index in [-0.39, 0.29) is 6.54 Å². The molecule has 0 atom stereocenters. The number of nitrogens with one attached hydrogen (secondary N) is 2. The van der Waals surface area contributed by atoms with E-state index in [4.69, 9.17) is 0 Å². The van der Waals surface area contributed by atoms with E-state index in [9.17, 15) is 13.6 Å². The minimum Gasteiger partial charge on any atom is -0.334 e. The number of hydrogen-bond donors (Lipinski definition) is 2. The van der Waals surface area contributed by atoms with Crippen molar-refractivity contribution >= 4 is 27.6 Å². The first-order valence-corrected chi connectivity index (χ1v) is 6.59. The lowest BCUT2D eigenvalue weighted by Crippen LogP contribution is -2.29. The second-order valence-electron chi connectivity index (χ2n) is 4.03. The lowest BCUT2D eigenvalue weighted by Gasteiger charge is -2.09. The number of rotatable bonds is 3. The molecule has 0 saturated carbocycles. The lowest BCUT2D eigenvalue weighted by atomic mass is 10.2. The van der Waals surface area contributed by atoms with E-state index in [0.29, 0.717) is 0 Å². The number of anilines is 1. The van der Waals surface area contributed by atoms with Crippen molar-refractivity contribution in [2.45, 2.75) is 6.54 Å². The highest BCUT2D eigenvalue weighted by Crippen LogP contribution is 2.17. The normalized spacial score (nSPS) is 10.2. The average molecular weight is 341 g/mol. The standard InChI is InChI=1S/C14H11BrF2N2O/c15-10-6-4-9(5-7-10)8-18-14(20)19-13-11(16)2-1-3-12(13)17/h1-7H,8H2,(H2,18,19,20). The van der Waals surface area contributed by atoms with Crippen LogP contribution in [0.2, 0.25) is 0 Å². The Labute approximate surface area is 123 Å². The number of benzene rings is 2. The first-order valence-electron chi connectivity index (χ1n) is 5.79. The van der Waals surface area contributed by atoms with Crippen LogP contribution in [0.3, 0.4) is 0 Å². The summed E-state index contributed by atoms with van der Waals surface area (Å²) in [6.07, 6.45) is 0. The molecule has 0 aromatic heterocycles. The summed E-state index contributed by atoms with van der Waals surface area (Å²) in [7, 11) is 0. The van der Waals surface area contributed by atoms with E-state index >= 15 is 0 Å². The smallest absolute Gasteiger partial charge is 0.319 e. The molecule has 0 radical (unpaired) electrons. The summed E-state index contributed by atoms with van der Waals surface area (Å²) >= 11 is 3.30. The Bertz CT molecular complexity index is 597. The highest BCUT2D eigenvalue weighted by molar-refractivity contribution is 9.10. The zero-order chi connectivity index (χ0) is 14.5. The predicted molar refractivity (Wildman–Crippen MR) is 76.4 cm³/mol. The molecule has 104 valence electrons. The third-order valence-electron chi connectivity index (χ3n) is 2.57. The summed E-state index contributed by atoms with van der Waals surface area (Å²) < 4.78 is 27.6. The number of carbonyl (C=O) groups excluding carboxylic acids is 1. The molecule has 0 aliphatic rings. The minimum atomic E-state index is -0.816. The molecule has 20 heavy (non-hydrogen) atoms. The van der Waals surface area contributed by atoms with Crippen LogP contribution in [0.15, 0.2) is 46.9 Å². The zero-order valence-corrected chi connectivity index (χ0v) is 11.9. The first kappa shape index (κ1) is 14.5. The van der Waals surface area contributed by atoms with Crippen molar-refractivity contribution < 1.29 is 13.6 Å². The van der Waals surface area contributed by atoms with Crippen molar-refractivity contribution in [2.24, 2.45) is 0 Å². The van der Waals surface area contributed by atoms with Gasteiger partial charge in [0.15, 0.2) is 0 Å². The fourth-order valence-corrected chi connectivity index (χ4v) is 1.82. The van der Waals surface area contributed by atoms with E-state index in [2.05, 4.69) is 26.6 Å². The number of amides is 2. The van der Waals surface area contributed by atoms with Gasteiger partial charge >= 0.3 is 6.03 Å². The maximum atomic E-state index is 13.3. The lowest BCUT2D eigenvalue weighted by molar-refractivity contribution is 0.251. The van der Waals surface area contributed by atoms with E-state index in [1.807, 2.05) is 24.3 Å². The van der Waals surface area contributed by atoms with Gasteiger partial charge in [0.1, 0.15) is 17.3 Å². The quantitative estimate of drug-likeness (QED) is 0.869. The van der Waals surface area contributed by atoms with Crippen molar-refractivity contribution in [2.75, 3.05) is 5.32 Å². The van der Waals surface area contributed by atoms with Gasteiger partial charge in [0.05, 0.1) is 0 Å². The molecule has 3 nitrogen and oxygen atoms in total. The summed E-state index contributed by atoms with van der Waals surface area (Å²) in [4.78, 5) is 11.6. The van der Waals surface area contributed by atoms with Crippen LogP contribution in [-0.2, 0) is 6.54 Å². The van der Waals surface area contributed by atoms with E-state index in [1.165, 1.54) is 6.07 Å². The van der Waals surface area contributed by atoms with Crippen molar-refractivity contribution in [1.82, 2.24) is 5.32 Å². The van der Waals surface area contributed by atoms with Crippen LogP contribution in [0.1, 0.15) is 5.56 Å². The maximum Gasteiger partial charge on any atom is 0.319 e. The topological polar surface area (TPSA) is 41.1 Å². The summed E-state index contributed by atoms with van der Waals surface area (Å²) in [5.41, 5.74) is 0.415. The summed E-state index contributed by atoms with van der Waals surface area (Å²) in [5.74, 6) is -1.63.